The number of unbranched alkanes of at least 4 members (excludes halogenated alkanes) is 1. The van der Waals surface area contributed by atoms with E-state index in [4.69, 9.17) is 16.7 Å². The number of aryl methyl sites for hydroxylation is 1. The molecule has 6 heteroatoms. The van der Waals surface area contributed by atoms with Gasteiger partial charge in [-0.05, 0) is 50.5 Å². The normalized spacial score (nSPS) is 20.4. The van der Waals surface area contributed by atoms with E-state index in [1.165, 1.54) is 0 Å². The molecular weight excluding hydrogens is 432 g/mol. The SMILES string of the molecule is O=C(O)CCC/C=C\C[C@H]1C(=O)CC[C@@H]1/C=C/C(O)CCc1sc2ccccc2c1Cl. The average Bonchev–Trinajstić information content (AvgIpc) is 3.27. The largest absolute Gasteiger partial charge is 0.481 e. The fraction of sp³-hybridized carbons (Fsp3) is 0.440. The van der Waals surface area contributed by atoms with E-state index in [1.54, 1.807) is 11.3 Å². The van der Waals surface area contributed by atoms with E-state index >= 15 is 0 Å². The van der Waals surface area contributed by atoms with Crippen LogP contribution in [0.4, 0.5) is 0 Å². The highest BCUT2D eigenvalue weighted by molar-refractivity contribution is 7.19. The van der Waals surface area contributed by atoms with E-state index in [2.05, 4.69) is 6.07 Å². The van der Waals surface area contributed by atoms with Gasteiger partial charge in [0.1, 0.15) is 5.78 Å². The molecule has 3 atom stereocenters. The number of fused-ring (bicyclic) bond motifs is 1. The summed E-state index contributed by atoms with van der Waals surface area (Å²) >= 11 is 8.16. The molecule has 31 heavy (non-hydrogen) atoms. The third-order valence-electron chi connectivity index (χ3n) is 5.82. The maximum atomic E-state index is 12.3. The Bertz CT molecular complexity index is 962. The predicted molar refractivity (Wildman–Crippen MR) is 127 cm³/mol. The van der Waals surface area contributed by atoms with Crippen LogP contribution in [0.15, 0.2) is 48.6 Å². The van der Waals surface area contributed by atoms with Crippen molar-refractivity contribution in [3.05, 3.63) is 58.5 Å². The van der Waals surface area contributed by atoms with Gasteiger partial charge >= 0.3 is 5.97 Å². The third kappa shape index (κ3) is 6.76. The Morgan fingerprint density at radius 1 is 1.29 bits per heavy atom. The Balaban J connectivity index is 1.48. The number of carbonyl (C=O) groups excluding carboxylic acids is 1. The number of thiophene rings is 1. The van der Waals surface area contributed by atoms with Gasteiger partial charge in [-0.3, -0.25) is 9.59 Å². The molecule has 3 rings (SSSR count). The number of carbonyl (C=O) groups is 2. The quantitative estimate of drug-likeness (QED) is 0.309. The lowest BCUT2D eigenvalue weighted by Gasteiger charge is -2.13. The predicted octanol–water partition coefficient (Wildman–Crippen LogP) is 6.20. The van der Waals surface area contributed by atoms with Crippen molar-refractivity contribution in [2.45, 2.75) is 57.5 Å². The van der Waals surface area contributed by atoms with Crippen molar-refractivity contribution in [1.29, 1.82) is 0 Å². The lowest BCUT2D eigenvalue weighted by atomic mass is 9.91. The molecular formula is C25H29ClO4S. The Morgan fingerprint density at radius 2 is 2.10 bits per heavy atom. The van der Waals surface area contributed by atoms with Crippen molar-refractivity contribution in [2.24, 2.45) is 11.8 Å². The molecule has 0 saturated heterocycles. The van der Waals surface area contributed by atoms with Crippen LogP contribution in [0.1, 0.15) is 49.8 Å². The second-order valence-corrected chi connectivity index (χ2v) is 9.61. The summed E-state index contributed by atoms with van der Waals surface area (Å²) in [7, 11) is 0. The van der Waals surface area contributed by atoms with Crippen molar-refractivity contribution in [3.63, 3.8) is 0 Å². The number of rotatable bonds is 11. The van der Waals surface area contributed by atoms with E-state index in [0.29, 0.717) is 32.1 Å². The molecule has 1 saturated carbocycles. The molecule has 4 nitrogen and oxygen atoms in total. The van der Waals surface area contributed by atoms with Crippen molar-refractivity contribution in [2.75, 3.05) is 0 Å². The van der Waals surface area contributed by atoms with Crippen LogP contribution in [-0.4, -0.2) is 28.1 Å². The Morgan fingerprint density at radius 3 is 2.87 bits per heavy atom. The molecule has 2 N–H and O–H groups in total. The van der Waals surface area contributed by atoms with E-state index in [0.717, 1.165) is 32.8 Å². The lowest BCUT2D eigenvalue weighted by Crippen LogP contribution is -2.13. The van der Waals surface area contributed by atoms with Crippen LogP contribution < -0.4 is 0 Å². The summed E-state index contributed by atoms with van der Waals surface area (Å²) in [6, 6.07) is 8.06. The number of benzene rings is 1. The van der Waals surface area contributed by atoms with Crippen LogP contribution in [0.3, 0.4) is 0 Å². The van der Waals surface area contributed by atoms with Gasteiger partial charge < -0.3 is 10.2 Å². The summed E-state index contributed by atoms with van der Waals surface area (Å²) in [5.74, 6) is -0.399. The van der Waals surface area contributed by atoms with Crippen molar-refractivity contribution >= 4 is 44.8 Å². The fourth-order valence-electron chi connectivity index (χ4n) is 4.07. The number of aliphatic hydroxyl groups is 1. The maximum Gasteiger partial charge on any atom is 0.303 e. The standard InChI is InChI=1S/C25H29ClO4S/c26-25-20-8-5-6-9-22(20)31-23(25)16-14-18(27)13-11-17-12-15-21(28)19(17)7-3-1-2-4-10-24(29)30/h1,3,5-6,8-9,11,13,17-19,27H,2,4,7,10,12,14-16H2,(H,29,30)/b3-1-,13-11+/t17-,18?,19+/m0/s1. The number of carboxylic acid groups (broad SMARTS) is 1. The summed E-state index contributed by atoms with van der Waals surface area (Å²) < 4.78 is 1.16. The number of aliphatic carboxylic acids is 1. The number of aliphatic hydroxyl groups excluding tert-OH is 1. The van der Waals surface area contributed by atoms with Crippen LogP contribution >= 0.6 is 22.9 Å². The lowest BCUT2D eigenvalue weighted by molar-refractivity contribution is -0.137. The van der Waals surface area contributed by atoms with Crippen LogP contribution in [0.2, 0.25) is 5.02 Å². The monoisotopic (exact) mass is 460 g/mol. The van der Waals surface area contributed by atoms with Crippen molar-refractivity contribution < 1.29 is 19.8 Å². The second-order valence-electron chi connectivity index (χ2n) is 8.09. The first-order chi connectivity index (χ1) is 15.0. The summed E-state index contributed by atoms with van der Waals surface area (Å²) in [6.07, 6.45) is 12.1. The minimum atomic E-state index is -0.780. The van der Waals surface area contributed by atoms with Gasteiger partial charge in [0.2, 0.25) is 0 Å². The third-order valence-corrected chi connectivity index (χ3v) is 7.60. The van der Waals surface area contributed by atoms with Crippen molar-refractivity contribution in [1.82, 2.24) is 0 Å². The van der Waals surface area contributed by atoms with Gasteiger partial charge in [-0.25, -0.2) is 0 Å². The van der Waals surface area contributed by atoms with Gasteiger partial charge in [-0.2, -0.15) is 0 Å². The maximum absolute atomic E-state index is 12.3. The van der Waals surface area contributed by atoms with Crippen LogP contribution in [0.5, 0.6) is 0 Å². The van der Waals surface area contributed by atoms with Crippen LogP contribution in [0.25, 0.3) is 10.1 Å². The molecule has 1 heterocycles. The highest BCUT2D eigenvalue weighted by atomic mass is 35.5. The molecule has 1 aromatic carbocycles. The van der Waals surface area contributed by atoms with Gasteiger partial charge in [0.25, 0.3) is 0 Å². The number of hydrogen-bond acceptors (Lipinski definition) is 4. The first-order valence-electron chi connectivity index (χ1n) is 10.9. The number of carboxylic acids is 1. The van der Waals surface area contributed by atoms with Gasteiger partial charge in [0.15, 0.2) is 0 Å². The number of ketones is 1. The first-order valence-corrected chi connectivity index (χ1v) is 12.1. The van der Waals surface area contributed by atoms with Crippen molar-refractivity contribution in [3.8, 4) is 0 Å². The zero-order valence-corrected chi connectivity index (χ0v) is 19.1. The number of Topliss-reactive ketones (excluding diaryl/α,β-unsaturated/α-hetero) is 1. The second kappa shape index (κ2) is 11.6. The Labute approximate surface area is 192 Å². The average molecular weight is 461 g/mol. The smallest absolute Gasteiger partial charge is 0.303 e. The molecule has 0 spiro atoms. The summed E-state index contributed by atoms with van der Waals surface area (Å²) in [5, 5.41) is 21.0. The summed E-state index contributed by atoms with van der Waals surface area (Å²) in [4.78, 5) is 23.9. The summed E-state index contributed by atoms with van der Waals surface area (Å²) in [5.41, 5.74) is 0. The molecule has 2 aromatic rings. The molecule has 0 bridgehead atoms. The summed E-state index contributed by atoms with van der Waals surface area (Å²) in [6.45, 7) is 0. The van der Waals surface area contributed by atoms with E-state index in [-0.39, 0.29) is 24.0 Å². The Kier molecular flexibility index (Phi) is 8.88. The van der Waals surface area contributed by atoms with E-state index in [9.17, 15) is 14.7 Å². The molecule has 0 amide bonds. The van der Waals surface area contributed by atoms with Gasteiger partial charge in [0, 0.05) is 33.7 Å². The molecule has 166 valence electrons. The first kappa shape index (κ1) is 23.7. The molecule has 1 aliphatic carbocycles. The van der Waals surface area contributed by atoms with Gasteiger partial charge in [0.05, 0.1) is 11.1 Å². The molecule has 1 unspecified atom stereocenters. The number of hydrogen-bond donors (Lipinski definition) is 2. The minimum absolute atomic E-state index is 0.0452. The molecule has 1 fully saturated rings. The molecule has 1 aromatic heterocycles. The highest BCUT2D eigenvalue weighted by Gasteiger charge is 2.31. The highest BCUT2D eigenvalue weighted by Crippen LogP contribution is 2.36. The molecule has 0 radical (unpaired) electrons. The topological polar surface area (TPSA) is 74.6 Å². The number of halogens is 1. The van der Waals surface area contributed by atoms with Gasteiger partial charge in [-0.1, -0.05) is 54.1 Å². The number of allylic oxidation sites excluding steroid dienone is 3. The van der Waals surface area contributed by atoms with E-state index < -0.39 is 12.1 Å². The zero-order chi connectivity index (χ0) is 22.2. The fourth-order valence-corrected chi connectivity index (χ4v) is 5.62. The minimum Gasteiger partial charge on any atom is -0.481 e. The van der Waals surface area contributed by atoms with Gasteiger partial charge in [-0.15, -0.1) is 11.3 Å². The van der Waals surface area contributed by atoms with E-state index in [1.807, 2.05) is 42.5 Å². The Hall–Kier alpha value is -1.95. The zero-order valence-electron chi connectivity index (χ0n) is 17.5. The molecule has 0 aliphatic heterocycles. The van der Waals surface area contributed by atoms with Crippen LogP contribution in [0, 0.1) is 11.8 Å². The molecule has 1 aliphatic rings. The van der Waals surface area contributed by atoms with Crippen LogP contribution in [-0.2, 0) is 16.0 Å².